The van der Waals surface area contributed by atoms with Crippen LogP contribution in [0.3, 0.4) is 0 Å². The van der Waals surface area contributed by atoms with Crippen LogP contribution < -0.4 is 0 Å². The lowest BCUT2D eigenvalue weighted by molar-refractivity contribution is 0.250. The molecular formula is C15H33N. The van der Waals surface area contributed by atoms with Crippen LogP contribution in [0.2, 0.25) is 0 Å². The van der Waals surface area contributed by atoms with Crippen LogP contribution in [-0.4, -0.2) is 25.0 Å². The number of nitrogens with zero attached hydrogens (tertiary/aromatic N) is 1. The van der Waals surface area contributed by atoms with Gasteiger partial charge in [-0.25, -0.2) is 0 Å². The molecule has 0 aliphatic carbocycles. The molecule has 0 heterocycles. The first-order valence-electron chi connectivity index (χ1n) is 7.43. The Morgan fingerprint density at radius 1 is 0.812 bits per heavy atom. The molecule has 0 aliphatic heterocycles. The van der Waals surface area contributed by atoms with E-state index in [2.05, 4.69) is 32.7 Å². The predicted octanol–water partition coefficient (Wildman–Crippen LogP) is 4.71. The van der Waals surface area contributed by atoms with Crippen molar-refractivity contribution < 1.29 is 0 Å². The summed E-state index contributed by atoms with van der Waals surface area (Å²) in [5, 5.41) is 0. The Morgan fingerprint density at radius 3 is 2.06 bits per heavy atom. The fraction of sp³-hybridized carbons (Fsp3) is 1.00. The maximum absolute atomic E-state index is 2.54. The second-order valence-electron chi connectivity index (χ2n) is 5.27. The third-order valence-corrected chi connectivity index (χ3v) is 3.38. The van der Waals surface area contributed by atoms with E-state index in [4.69, 9.17) is 0 Å². The van der Waals surface area contributed by atoms with Crippen molar-refractivity contribution in [3.63, 3.8) is 0 Å². The molecule has 0 bridgehead atoms. The van der Waals surface area contributed by atoms with Gasteiger partial charge in [-0.15, -0.1) is 0 Å². The van der Waals surface area contributed by atoms with E-state index in [9.17, 15) is 0 Å². The van der Waals surface area contributed by atoms with Gasteiger partial charge in [0.15, 0.2) is 0 Å². The van der Waals surface area contributed by atoms with Crippen LogP contribution in [0.5, 0.6) is 0 Å². The molecule has 0 fully saturated rings. The molecule has 0 aromatic rings. The summed E-state index contributed by atoms with van der Waals surface area (Å²) in [4.78, 5) is 2.54. The molecule has 0 aromatic heterocycles. The molecule has 1 unspecified atom stereocenters. The molecule has 0 aromatic carbocycles. The summed E-state index contributed by atoms with van der Waals surface area (Å²) in [6.07, 6.45) is 11.1. The lowest BCUT2D eigenvalue weighted by atomic mass is 9.96. The summed E-state index contributed by atoms with van der Waals surface area (Å²) in [5.74, 6) is 0.943. The van der Waals surface area contributed by atoms with E-state index < -0.39 is 0 Å². The Kier molecular flexibility index (Phi) is 11.4. The van der Waals surface area contributed by atoms with Crippen molar-refractivity contribution in [3.8, 4) is 0 Å². The minimum atomic E-state index is 0.943. The van der Waals surface area contributed by atoms with Crippen molar-refractivity contribution in [3.05, 3.63) is 0 Å². The topological polar surface area (TPSA) is 3.24 Å². The molecule has 0 saturated carbocycles. The Balaban J connectivity index is 3.72. The summed E-state index contributed by atoms with van der Waals surface area (Å²) < 4.78 is 0. The quantitative estimate of drug-likeness (QED) is 0.462. The highest BCUT2D eigenvalue weighted by Gasteiger charge is 2.10. The van der Waals surface area contributed by atoms with E-state index in [0.717, 1.165) is 5.92 Å². The standard InChI is InChI=1S/C15H33N/c1-5-8-10-12-15(11-7-3)14-16(4)13-9-6-2/h15H,5-14H2,1-4H3. The molecule has 0 saturated heterocycles. The zero-order chi connectivity index (χ0) is 12.2. The van der Waals surface area contributed by atoms with E-state index in [1.165, 1.54) is 64.5 Å². The fourth-order valence-electron chi connectivity index (χ4n) is 2.38. The molecule has 1 atom stereocenters. The minimum absolute atomic E-state index is 0.943. The fourth-order valence-corrected chi connectivity index (χ4v) is 2.38. The number of hydrogen-bond donors (Lipinski definition) is 0. The van der Waals surface area contributed by atoms with E-state index in [0.29, 0.717) is 0 Å². The van der Waals surface area contributed by atoms with Crippen LogP contribution in [0.15, 0.2) is 0 Å². The average molecular weight is 227 g/mol. The number of unbranched alkanes of at least 4 members (excludes halogenated alkanes) is 3. The number of hydrogen-bond acceptors (Lipinski definition) is 1. The van der Waals surface area contributed by atoms with Gasteiger partial charge in [-0.1, -0.05) is 52.9 Å². The van der Waals surface area contributed by atoms with Gasteiger partial charge in [0, 0.05) is 6.54 Å². The Hall–Kier alpha value is -0.0400. The predicted molar refractivity (Wildman–Crippen MR) is 74.9 cm³/mol. The third-order valence-electron chi connectivity index (χ3n) is 3.38. The maximum atomic E-state index is 2.54. The summed E-state index contributed by atoms with van der Waals surface area (Å²) >= 11 is 0. The Bertz CT molecular complexity index is 133. The van der Waals surface area contributed by atoms with Gasteiger partial charge in [0.05, 0.1) is 0 Å². The van der Waals surface area contributed by atoms with Gasteiger partial charge in [-0.2, -0.15) is 0 Å². The molecule has 16 heavy (non-hydrogen) atoms. The smallest absolute Gasteiger partial charge is 0.000660 e. The van der Waals surface area contributed by atoms with Gasteiger partial charge in [0.1, 0.15) is 0 Å². The average Bonchev–Trinajstić information content (AvgIpc) is 2.27. The van der Waals surface area contributed by atoms with Crippen LogP contribution in [0, 0.1) is 5.92 Å². The highest BCUT2D eigenvalue weighted by Crippen LogP contribution is 2.16. The van der Waals surface area contributed by atoms with Gasteiger partial charge >= 0.3 is 0 Å². The normalized spacial score (nSPS) is 13.3. The van der Waals surface area contributed by atoms with Crippen LogP contribution >= 0.6 is 0 Å². The minimum Gasteiger partial charge on any atom is -0.306 e. The van der Waals surface area contributed by atoms with Crippen LogP contribution in [0.1, 0.15) is 72.1 Å². The Morgan fingerprint density at radius 2 is 1.50 bits per heavy atom. The molecule has 1 nitrogen and oxygen atoms in total. The molecule has 0 aliphatic rings. The summed E-state index contributed by atoms with van der Waals surface area (Å²) in [6, 6.07) is 0. The monoisotopic (exact) mass is 227 g/mol. The van der Waals surface area contributed by atoms with E-state index >= 15 is 0 Å². The van der Waals surface area contributed by atoms with Crippen molar-refractivity contribution in [1.29, 1.82) is 0 Å². The first kappa shape index (κ1) is 16.0. The van der Waals surface area contributed by atoms with Crippen molar-refractivity contribution >= 4 is 0 Å². The second-order valence-corrected chi connectivity index (χ2v) is 5.27. The summed E-state index contributed by atoms with van der Waals surface area (Å²) in [7, 11) is 2.29. The van der Waals surface area contributed by atoms with Gasteiger partial charge < -0.3 is 4.90 Å². The van der Waals surface area contributed by atoms with Gasteiger partial charge in [-0.3, -0.25) is 0 Å². The third kappa shape index (κ3) is 9.21. The molecular weight excluding hydrogens is 194 g/mol. The van der Waals surface area contributed by atoms with E-state index in [1.807, 2.05) is 0 Å². The van der Waals surface area contributed by atoms with Crippen molar-refractivity contribution in [2.45, 2.75) is 72.1 Å². The molecule has 1 heteroatoms. The molecule has 0 amide bonds. The largest absolute Gasteiger partial charge is 0.306 e. The van der Waals surface area contributed by atoms with Crippen LogP contribution in [0.25, 0.3) is 0 Å². The molecule has 98 valence electrons. The molecule has 0 radical (unpaired) electrons. The van der Waals surface area contributed by atoms with Gasteiger partial charge in [0.2, 0.25) is 0 Å². The summed E-state index contributed by atoms with van der Waals surface area (Å²) in [6.45, 7) is 9.49. The molecule has 0 N–H and O–H groups in total. The van der Waals surface area contributed by atoms with Crippen molar-refractivity contribution in [1.82, 2.24) is 4.90 Å². The van der Waals surface area contributed by atoms with E-state index in [1.54, 1.807) is 0 Å². The zero-order valence-electron chi connectivity index (χ0n) is 12.1. The number of rotatable bonds is 11. The summed E-state index contributed by atoms with van der Waals surface area (Å²) in [5.41, 5.74) is 0. The molecule has 0 rings (SSSR count). The first-order chi connectivity index (χ1) is 7.74. The second kappa shape index (κ2) is 11.4. The highest BCUT2D eigenvalue weighted by atomic mass is 15.1. The SMILES string of the molecule is CCCCCC(CCC)CN(C)CCCC. The lowest BCUT2D eigenvalue weighted by Gasteiger charge is -2.23. The van der Waals surface area contributed by atoms with Crippen LogP contribution in [0.4, 0.5) is 0 Å². The van der Waals surface area contributed by atoms with Crippen molar-refractivity contribution in [2.75, 3.05) is 20.1 Å². The van der Waals surface area contributed by atoms with Crippen LogP contribution in [-0.2, 0) is 0 Å². The highest BCUT2D eigenvalue weighted by molar-refractivity contribution is 4.64. The zero-order valence-corrected chi connectivity index (χ0v) is 12.1. The Labute approximate surface area is 104 Å². The van der Waals surface area contributed by atoms with Gasteiger partial charge in [-0.05, 0) is 38.8 Å². The van der Waals surface area contributed by atoms with E-state index in [-0.39, 0.29) is 0 Å². The molecule has 0 spiro atoms. The first-order valence-corrected chi connectivity index (χ1v) is 7.43. The van der Waals surface area contributed by atoms with Crippen molar-refractivity contribution in [2.24, 2.45) is 5.92 Å². The van der Waals surface area contributed by atoms with Gasteiger partial charge in [0.25, 0.3) is 0 Å². The maximum Gasteiger partial charge on any atom is 0.000660 e. The lowest BCUT2D eigenvalue weighted by Crippen LogP contribution is -2.26.